The zero-order chi connectivity index (χ0) is 15.6. The fraction of sp³-hybridized carbons (Fsp3) is 0.429. The van der Waals surface area contributed by atoms with E-state index < -0.39 is 11.8 Å². The summed E-state index contributed by atoms with van der Waals surface area (Å²) in [6.45, 7) is 4.52. The van der Waals surface area contributed by atoms with Gasteiger partial charge in [-0.15, -0.1) is 0 Å². The van der Waals surface area contributed by atoms with Gasteiger partial charge < -0.3 is 15.0 Å². The predicted molar refractivity (Wildman–Crippen MR) is 81.7 cm³/mol. The highest BCUT2D eigenvalue weighted by atomic mass is 35.5. The number of nitrogens with one attached hydrogen (secondary N) is 1. The Labute approximate surface area is 133 Å². The van der Waals surface area contributed by atoms with E-state index in [0.29, 0.717) is 23.8 Å². The molecule has 1 heterocycles. The molecule has 0 aromatic heterocycles. The van der Waals surface area contributed by atoms with Crippen molar-refractivity contribution in [2.45, 2.75) is 26.1 Å². The quantitative estimate of drug-likeness (QED) is 0.805. The monoisotopic (exact) mass is 330 g/mol. The second kappa shape index (κ2) is 6.64. The molecule has 2 unspecified atom stereocenters. The van der Waals surface area contributed by atoms with Crippen LogP contribution in [0.25, 0.3) is 0 Å². The zero-order valence-corrected chi connectivity index (χ0v) is 13.2. The first-order valence-electron chi connectivity index (χ1n) is 6.57. The SMILES string of the molecule is CC1CN(C(=O)C(=O)Nc2ccc(Cl)cc2Cl)CC(C)O1. The summed E-state index contributed by atoms with van der Waals surface area (Å²) in [4.78, 5) is 25.7. The topological polar surface area (TPSA) is 58.6 Å². The van der Waals surface area contributed by atoms with Crippen molar-refractivity contribution in [1.82, 2.24) is 4.90 Å². The lowest BCUT2D eigenvalue weighted by Gasteiger charge is -2.34. The van der Waals surface area contributed by atoms with Gasteiger partial charge in [0, 0.05) is 18.1 Å². The van der Waals surface area contributed by atoms with Gasteiger partial charge in [-0.1, -0.05) is 23.2 Å². The van der Waals surface area contributed by atoms with Gasteiger partial charge >= 0.3 is 11.8 Å². The Kier molecular flexibility index (Phi) is 5.08. The van der Waals surface area contributed by atoms with Crippen LogP contribution >= 0.6 is 23.2 Å². The van der Waals surface area contributed by atoms with E-state index in [1.54, 1.807) is 12.1 Å². The number of carbonyl (C=O) groups is 2. The Balaban J connectivity index is 2.04. The highest BCUT2D eigenvalue weighted by Crippen LogP contribution is 2.25. The van der Waals surface area contributed by atoms with E-state index in [9.17, 15) is 9.59 Å². The maximum atomic E-state index is 12.2. The summed E-state index contributed by atoms with van der Waals surface area (Å²) in [7, 11) is 0. The fourth-order valence-electron chi connectivity index (χ4n) is 2.25. The molecule has 5 nitrogen and oxygen atoms in total. The molecular formula is C14H16Cl2N2O3. The van der Waals surface area contributed by atoms with Crippen LogP contribution in [0.5, 0.6) is 0 Å². The third kappa shape index (κ3) is 4.09. The number of morpholine rings is 1. The lowest BCUT2D eigenvalue weighted by atomic mass is 10.2. The van der Waals surface area contributed by atoms with Crippen LogP contribution in [0.4, 0.5) is 5.69 Å². The van der Waals surface area contributed by atoms with E-state index in [2.05, 4.69) is 5.32 Å². The molecule has 7 heteroatoms. The molecule has 21 heavy (non-hydrogen) atoms. The molecule has 0 spiro atoms. The summed E-state index contributed by atoms with van der Waals surface area (Å²) in [5, 5.41) is 3.25. The Bertz CT molecular complexity index is 555. The van der Waals surface area contributed by atoms with Crippen LogP contribution in [0, 0.1) is 0 Å². The number of benzene rings is 1. The second-order valence-corrected chi connectivity index (χ2v) is 5.89. The molecular weight excluding hydrogens is 315 g/mol. The molecule has 1 saturated heterocycles. The number of rotatable bonds is 1. The summed E-state index contributed by atoms with van der Waals surface area (Å²) in [6, 6.07) is 4.65. The van der Waals surface area contributed by atoms with Gasteiger partial charge in [-0.3, -0.25) is 9.59 Å². The Morgan fingerprint density at radius 3 is 2.43 bits per heavy atom. The third-order valence-electron chi connectivity index (χ3n) is 3.08. The average molecular weight is 331 g/mol. The highest BCUT2D eigenvalue weighted by Gasteiger charge is 2.29. The predicted octanol–water partition coefficient (Wildman–Crippen LogP) is 2.57. The van der Waals surface area contributed by atoms with Crippen molar-refractivity contribution < 1.29 is 14.3 Å². The minimum atomic E-state index is -0.722. The van der Waals surface area contributed by atoms with Crippen LogP contribution in [0.15, 0.2) is 18.2 Å². The molecule has 0 radical (unpaired) electrons. The van der Waals surface area contributed by atoms with Gasteiger partial charge in [0.1, 0.15) is 0 Å². The first-order chi connectivity index (χ1) is 9.86. The molecule has 0 bridgehead atoms. The fourth-order valence-corrected chi connectivity index (χ4v) is 2.71. The molecule has 1 fully saturated rings. The number of nitrogens with zero attached hydrogens (tertiary/aromatic N) is 1. The van der Waals surface area contributed by atoms with E-state index in [-0.39, 0.29) is 17.2 Å². The number of ether oxygens (including phenoxy) is 1. The van der Waals surface area contributed by atoms with Gasteiger partial charge in [-0.05, 0) is 32.0 Å². The molecule has 2 rings (SSSR count). The van der Waals surface area contributed by atoms with Gasteiger partial charge in [-0.2, -0.15) is 0 Å². The van der Waals surface area contributed by atoms with E-state index >= 15 is 0 Å². The molecule has 2 amide bonds. The summed E-state index contributed by atoms with van der Waals surface area (Å²) in [5.74, 6) is -1.32. The normalized spacial score (nSPS) is 22.0. The minimum absolute atomic E-state index is 0.0929. The summed E-state index contributed by atoms with van der Waals surface area (Å²) in [6.07, 6.45) is -0.186. The Morgan fingerprint density at radius 2 is 1.86 bits per heavy atom. The average Bonchev–Trinajstić information content (AvgIpc) is 2.40. The summed E-state index contributed by atoms with van der Waals surface area (Å²) >= 11 is 11.7. The van der Waals surface area contributed by atoms with Crippen LogP contribution < -0.4 is 5.32 Å². The molecule has 1 aromatic rings. The summed E-state index contributed by atoms with van der Waals surface area (Å²) < 4.78 is 5.54. The van der Waals surface area contributed by atoms with Gasteiger partial charge in [0.2, 0.25) is 0 Å². The van der Waals surface area contributed by atoms with Crippen molar-refractivity contribution in [3.05, 3.63) is 28.2 Å². The minimum Gasteiger partial charge on any atom is -0.372 e. The number of anilines is 1. The van der Waals surface area contributed by atoms with Crippen LogP contribution in [0.1, 0.15) is 13.8 Å². The highest BCUT2D eigenvalue weighted by molar-refractivity contribution is 6.42. The maximum Gasteiger partial charge on any atom is 0.313 e. The lowest BCUT2D eigenvalue weighted by Crippen LogP contribution is -2.51. The van der Waals surface area contributed by atoms with Crippen molar-refractivity contribution in [2.75, 3.05) is 18.4 Å². The lowest BCUT2D eigenvalue weighted by molar-refractivity contribution is -0.151. The van der Waals surface area contributed by atoms with Gasteiger partial charge in [0.15, 0.2) is 0 Å². The number of carbonyl (C=O) groups excluding carboxylic acids is 2. The smallest absolute Gasteiger partial charge is 0.313 e. The molecule has 1 aliphatic rings. The molecule has 0 aliphatic carbocycles. The number of amides is 2. The second-order valence-electron chi connectivity index (χ2n) is 5.05. The van der Waals surface area contributed by atoms with E-state index in [0.717, 1.165) is 0 Å². The van der Waals surface area contributed by atoms with Crippen LogP contribution in [0.3, 0.4) is 0 Å². The van der Waals surface area contributed by atoms with Gasteiger partial charge in [-0.25, -0.2) is 0 Å². The van der Waals surface area contributed by atoms with Crippen molar-refractivity contribution >= 4 is 40.7 Å². The molecule has 0 saturated carbocycles. The maximum absolute atomic E-state index is 12.2. The Hall–Kier alpha value is -1.30. The third-order valence-corrected chi connectivity index (χ3v) is 3.63. The van der Waals surface area contributed by atoms with Crippen LogP contribution in [0.2, 0.25) is 10.0 Å². The standard InChI is InChI=1S/C14H16Cl2N2O3/c1-8-6-18(7-9(2)21-8)14(20)13(19)17-12-4-3-10(15)5-11(12)16/h3-5,8-9H,6-7H2,1-2H3,(H,17,19). The van der Waals surface area contributed by atoms with Crippen molar-refractivity contribution in [2.24, 2.45) is 0 Å². The number of hydrogen-bond donors (Lipinski definition) is 1. The summed E-state index contributed by atoms with van der Waals surface area (Å²) in [5.41, 5.74) is 0.355. The largest absolute Gasteiger partial charge is 0.372 e. The van der Waals surface area contributed by atoms with Gasteiger partial charge in [0.25, 0.3) is 0 Å². The first kappa shape index (κ1) is 16.1. The number of halogens is 2. The molecule has 1 aliphatic heterocycles. The zero-order valence-electron chi connectivity index (χ0n) is 11.7. The number of hydrogen-bond acceptors (Lipinski definition) is 3. The molecule has 114 valence electrons. The van der Waals surface area contributed by atoms with Crippen LogP contribution in [-0.4, -0.2) is 42.0 Å². The Morgan fingerprint density at radius 1 is 1.24 bits per heavy atom. The van der Waals surface area contributed by atoms with Crippen LogP contribution in [-0.2, 0) is 14.3 Å². The van der Waals surface area contributed by atoms with E-state index in [1.165, 1.54) is 11.0 Å². The van der Waals surface area contributed by atoms with Crippen molar-refractivity contribution in [3.63, 3.8) is 0 Å². The van der Waals surface area contributed by atoms with E-state index in [4.69, 9.17) is 27.9 Å². The van der Waals surface area contributed by atoms with Crippen molar-refractivity contribution in [3.8, 4) is 0 Å². The molecule has 2 atom stereocenters. The van der Waals surface area contributed by atoms with E-state index in [1.807, 2.05) is 13.8 Å². The van der Waals surface area contributed by atoms with Gasteiger partial charge in [0.05, 0.1) is 22.9 Å². The molecule has 1 aromatic carbocycles. The molecule has 1 N–H and O–H groups in total. The first-order valence-corrected chi connectivity index (χ1v) is 7.33. The van der Waals surface area contributed by atoms with Crippen molar-refractivity contribution in [1.29, 1.82) is 0 Å².